The monoisotopic (exact) mass is 282 g/mol. The van der Waals surface area contributed by atoms with Gasteiger partial charge in [-0.05, 0) is 12.1 Å². The first-order valence-electron chi connectivity index (χ1n) is 5.76. The van der Waals surface area contributed by atoms with Crippen LogP contribution in [0.2, 0.25) is 0 Å². The van der Waals surface area contributed by atoms with Crippen molar-refractivity contribution < 1.29 is 18.7 Å². The SMILES string of the molecule is O=C(NCC(F)(F)CO)c1cnn(-c2ccccc2)n1. The minimum Gasteiger partial charge on any atom is -0.390 e. The van der Waals surface area contributed by atoms with Crippen LogP contribution in [-0.2, 0) is 0 Å². The van der Waals surface area contributed by atoms with Gasteiger partial charge in [0.15, 0.2) is 5.69 Å². The van der Waals surface area contributed by atoms with Crippen molar-refractivity contribution in [2.75, 3.05) is 13.2 Å². The maximum Gasteiger partial charge on any atom is 0.287 e. The Bertz CT molecular complexity index is 586. The number of alkyl halides is 2. The number of aromatic nitrogens is 3. The molecule has 0 aliphatic rings. The number of nitrogens with zero attached hydrogens (tertiary/aromatic N) is 3. The molecule has 0 aliphatic carbocycles. The number of para-hydroxylation sites is 1. The van der Waals surface area contributed by atoms with Crippen molar-refractivity contribution in [3.63, 3.8) is 0 Å². The molecule has 106 valence electrons. The molecule has 0 saturated heterocycles. The predicted molar refractivity (Wildman–Crippen MR) is 65.7 cm³/mol. The summed E-state index contributed by atoms with van der Waals surface area (Å²) >= 11 is 0. The lowest BCUT2D eigenvalue weighted by Crippen LogP contribution is -2.39. The number of carbonyl (C=O) groups excluding carboxylic acids is 1. The van der Waals surface area contributed by atoms with Gasteiger partial charge in [0.05, 0.1) is 18.4 Å². The first-order valence-corrected chi connectivity index (χ1v) is 5.76. The maximum atomic E-state index is 12.8. The van der Waals surface area contributed by atoms with Crippen molar-refractivity contribution in [3.05, 3.63) is 42.2 Å². The molecule has 0 spiro atoms. The second-order valence-corrected chi connectivity index (χ2v) is 4.05. The standard InChI is InChI=1S/C12H12F2N4O2/c13-12(14,8-19)7-15-11(20)10-6-16-18(17-10)9-4-2-1-3-5-9/h1-6,19H,7-8H2,(H,15,20). The topological polar surface area (TPSA) is 80.0 Å². The number of halogens is 2. The number of hydrogen-bond acceptors (Lipinski definition) is 4. The molecule has 2 N–H and O–H groups in total. The molecule has 1 amide bonds. The van der Waals surface area contributed by atoms with Crippen LogP contribution in [0.15, 0.2) is 36.5 Å². The molecular formula is C12H12F2N4O2. The van der Waals surface area contributed by atoms with E-state index in [9.17, 15) is 13.6 Å². The number of aliphatic hydroxyl groups excluding tert-OH is 1. The van der Waals surface area contributed by atoms with E-state index in [1.54, 1.807) is 24.3 Å². The van der Waals surface area contributed by atoms with Gasteiger partial charge in [-0.1, -0.05) is 18.2 Å². The molecule has 1 aromatic carbocycles. The molecule has 0 unspecified atom stereocenters. The van der Waals surface area contributed by atoms with Crippen LogP contribution in [0, 0.1) is 0 Å². The van der Waals surface area contributed by atoms with Gasteiger partial charge in [0.1, 0.15) is 6.61 Å². The van der Waals surface area contributed by atoms with E-state index >= 15 is 0 Å². The van der Waals surface area contributed by atoms with E-state index in [1.807, 2.05) is 11.4 Å². The van der Waals surface area contributed by atoms with Crippen LogP contribution in [0.3, 0.4) is 0 Å². The molecule has 8 heteroatoms. The third-order valence-electron chi connectivity index (χ3n) is 2.45. The number of carbonyl (C=O) groups is 1. The third kappa shape index (κ3) is 3.35. The van der Waals surface area contributed by atoms with Crippen LogP contribution in [0.1, 0.15) is 10.5 Å². The zero-order valence-electron chi connectivity index (χ0n) is 10.3. The van der Waals surface area contributed by atoms with Crippen LogP contribution in [0.5, 0.6) is 0 Å². The van der Waals surface area contributed by atoms with E-state index in [4.69, 9.17) is 5.11 Å². The van der Waals surface area contributed by atoms with Crippen molar-refractivity contribution in [1.29, 1.82) is 0 Å². The molecular weight excluding hydrogens is 270 g/mol. The fraction of sp³-hybridized carbons (Fsp3) is 0.250. The second-order valence-electron chi connectivity index (χ2n) is 4.05. The number of benzene rings is 1. The fourth-order valence-electron chi connectivity index (χ4n) is 1.41. The Morgan fingerprint density at radius 2 is 2.05 bits per heavy atom. The summed E-state index contributed by atoms with van der Waals surface area (Å²) in [6.07, 6.45) is 1.18. The van der Waals surface area contributed by atoms with Gasteiger partial charge in [0.25, 0.3) is 11.8 Å². The van der Waals surface area contributed by atoms with Gasteiger partial charge < -0.3 is 10.4 Å². The Morgan fingerprint density at radius 3 is 2.70 bits per heavy atom. The number of hydrogen-bond donors (Lipinski definition) is 2. The molecule has 2 rings (SSSR count). The van der Waals surface area contributed by atoms with E-state index in [-0.39, 0.29) is 5.69 Å². The van der Waals surface area contributed by atoms with Crippen molar-refractivity contribution in [1.82, 2.24) is 20.3 Å². The van der Waals surface area contributed by atoms with Crippen LogP contribution < -0.4 is 5.32 Å². The highest BCUT2D eigenvalue weighted by atomic mass is 19.3. The average Bonchev–Trinajstić information content (AvgIpc) is 2.96. The van der Waals surface area contributed by atoms with E-state index in [2.05, 4.69) is 10.2 Å². The summed E-state index contributed by atoms with van der Waals surface area (Å²) in [5.74, 6) is -4.13. The van der Waals surface area contributed by atoms with Crippen LogP contribution in [0.25, 0.3) is 5.69 Å². The molecule has 0 atom stereocenters. The van der Waals surface area contributed by atoms with Crippen molar-refractivity contribution in [2.24, 2.45) is 0 Å². The summed E-state index contributed by atoms with van der Waals surface area (Å²) in [7, 11) is 0. The lowest BCUT2D eigenvalue weighted by atomic mass is 10.3. The zero-order valence-corrected chi connectivity index (χ0v) is 10.3. The van der Waals surface area contributed by atoms with E-state index < -0.39 is 25.0 Å². The zero-order chi connectivity index (χ0) is 14.6. The van der Waals surface area contributed by atoms with Gasteiger partial charge in [-0.25, -0.2) is 8.78 Å². The third-order valence-corrected chi connectivity index (χ3v) is 2.45. The highest BCUT2D eigenvalue weighted by Crippen LogP contribution is 2.10. The summed E-state index contributed by atoms with van der Waals surface area (Å²) in [6, 6.07) is 8.85. The van der Waals surface area contributed by atoms with Crippen molar-refractivity contribution in [3.8, 4) is 5.69 Å². The summed E-state index contributed by atoms with van der Waals surface area (Å²) in [5, 5.41) is 18.2. The molecule has 6 nitrogen and oxygen atoms in total. The minimum atomic E-state index is -3.36. The summed E-state index contributed by atoms with van der Waals surface area (Å²) in [5.41, 5.74) is 0.565. The van der Waals surface area contributed by atoms with Gasteiger partial charge in [-0.2, -0.15) is 9.90 Å². The number of rotatable bonds is 5. The molecule has 0 bridgehead atoms. The van der Waals surface area contributed by atoms with Crippen molar-refractivity contribution in [2.45, 2.75) is 5.92 Å². The van der Waals surface area contributed by atoms with E-state index in [0.29, 0.717) is 5.69 Å². The van der Waals surface area contributed by atoms with Crippen LogP contribution >= 0.6 is 0 Å². The normalized spacial score (nSPS) is 11.3. The Morgan fingerprint density at radius 1 is 1.35 bits per heavy atom. The molecule has 0 saturated carbocycles. The molecule has 1 heterocycles. The highest BCUT2D eigenvalue weighted by molar-refractivity contribution is 5.91. The molecule has 0 fully saturated rings. The molecule has 2 aromatic rings. The summed E-state index contributed by atoms with van der Waals surface area (Å²) < 4.78 is 25.6. The van der Waals surface area contributed by atoms with Crippen LogP contribution in [-0.4, -0.2) is 45.1 Å². The quantitative estimate of drug-likeness (QED) is 0.842. The lowest BCUT2D eigenvalue weighted by molar-refractivity contribution is -0.0462. The van der Waals surface area contributed by atoms with E-state index in [1.165, 1.54) is 11.0 Å². The molecule has 20 heavy (non-hydrogen) atoms. The Kier molecular flexibility index (Phi) is 4.04. The molecule has 1 aromatic heterocycles. The van der Waals surface area contributed by atoms with Gasteiger partial charge in [-0.15, -0.1) is 5.10 Å². The minimum absolute atomic E-state index is 0.0809. The number of aliphatic hydroxyl groups is 1. The van der Waals surface area contributed by atoms with Gasteiger partial charge in [0.2, 0.25) is 0 Å². The fourth-order valence-corrected chi connectivity index (χ4v) is 1.41. The van der Waals surface area contributed by atoms with E-state index in [0.717, 1.165) is 0 Å². The summed E-state index contributed by atoms with van der Waals surface area (Å²) in [6.45, 7) is -2.29. The van der Waals surface area contributed by atoms with Gasteiger partial charge >= 0.3 is 0 Å². The first kappa shape index (κ1) is 14.1. The molecule has 0 radical (unpaired) electrons. The highest BCUT2D eigenvalue weighted by Gasteiger charge is 2.28. The smallest absolute Gasteiger partial charge is 0.287 e. The Hall–Kier alpha value is -2.35. The van der Waals surface area contributed by atoms with Crippen LogP contribution in [0.4, 0.5) is 8.78 Å². The largest absolute Gasteiger partial charge is 0.390 e. The summed E-state index contributed by atoms with van der Waals surface area (Å²) in [4.78, 5) is 12.8. The predicted octanol–water partition coefficient (Wildman–Crippen LogP) is 0.625. The second kappa shape index (κ2) is 5.74. The average molecular weight is 282 g/mol. The lowest BCUT2D eigenvalue weighted by Gasteiger charge is -2.12. The Balaban J connectivity index is 2.04. The van der Waals surface area contributed by atoms with Crippen molar-refractivity contribution >= 4 is 5.91 Å². The number of amides is 1. The van der Waals surface area contributed by atoms with Gasteiger partial charge in [0, 0.05) is 0 Å². The maximum absolute atomic E-state index is 12.8. The molecule has 0 aliphatic heterocycles. The Labute approximate surface area is 113 Å². The first-order chi connectivity index (χ1) is 9.52. The van der Waals surface area contributed by atoms with Gasteiger partial charge in [-0.3, -0.25) is 4.79 Å². The number of nitrogens with one attached hydrogen (secondary N) is 1.